The highest BCUT2D eigenvalue weighted by atomic mass is 16.5. The van der Waals surface area contributed by atoms with Gasteiger partial charge in [0, 0.05) is 42.6 Å². The molecule has 2 aliphatic rings. The Bertz CT molecular complexity index is 1410. The van der Waals surface area contributed by atoms with E-state index in [0.717, 1.165) is 67.8 Å². The zero-order valence-electron chi connectivity index (χ0n) is 20.9. The number of anilines is 3. The Balaban J connectivity index is 1.34. The van der Waals surface area contributed by atoms with Gasteiger partial charge in [-0.25, -0.2) is 0 Å². The van der Waals surface area contributed by atoms with Gasteiger partial charge in [-0.15, -0.1) is 0 Å². The number of carbonyl (C=O) groups excluding carboxylic acids is 1. The van der Waals surface area contributed by atoms with Crippen LogP contribution in [0.5, 0.6) is 0 Å². The Labute approximate surface area is 215 Å². The van der Waals surface area contributed by atoms with E-state index in [9.17, 15) is 4.79 Å². The molecule has 2 aromatic carbocycles. The first-order valence-electron chi connectivity index (χ1n) is 13.0. The standard InChI is InChI=1S/C28H31N7O2/c1-18-15-20(7-10-23(18)26(36)31-22-8-9-22)24-17-30-35-25(24)33-27(32-21-5-3-2-4-6-21)34-28(35)29-16-19-11-13-37-14-12-19/h2-7,10,15,17,19,22H,8-9,11-14,16H2,1H3,(H,31,36)(H2,29,32,33,34). The van der Waals surface area contributed by atoms with Gasteiger partial charge in [-0.05, 0) is 67.9 Å². The molecule has 190 valence electrons. The van der Waals surface area contributed by atoms with Crippen LogP contribution in [0, 0.1) is 12.8 Å². The third-order valence-corrected chi connectivity index (χ3v) is 6.98. The highest BCUT2D eigenvalue weighted by Gasteiger charge is 2.25. The van der Waals surface area contributed by atoms with Crippen LogP contribution in [0.2, 0.25) is 0 Å². The molecule has 0 radical (unpaired) electrons. The third kappa shape index (κ3) is 5.27. The molecule has 4 aromatic rings. The maximum Gasteiger partial charge on any atom is 0.251 e. The second kappa shape index (κ2) is 10.2. The molecule has 3 N–H and O–H groups in total. The number of rotatable bonds is 8. The molecule has 9 heteroatoms. The number of ether oxygens (including phenoxy) is 1. The molecule has 9 nitrogen and oxygen atoms in total. The predicted octanol–water partition coefficient (Wildman–Crippen LogP) is 4.57. The highest BCUT2D eigenvalue weighted by molar-refractivity contribution is 5.97. The molecule has 6 rings (SSSR count). The molecule has 0 spiro atoms. The summed E-state index contributed by atoms with van der Waals surface area (Å²) in [6.45, 7) is 4.35. The van der Waals surface area contributed by atoms with Crippen LogP contribution in [0.15, 0.2) is 54.7 Å². The first kappa shape index (κ1) is 23.4. The second-order valence-corrected chi connectivity index (χ2v) is 9.87. The van der Waals surface area contributed by atoms with E-state index in [0.29, 0.717) is 35.1 Å². The van der Waals surface area contributed by atoms with Gasteiger partial charge >= 0.3 is 0 Å². The number of nitrogens with zero attached hydrogens (tertiary/aromatic N) is 4. The number of aryl methyl sites for hydroxylation is 1. The van der Waals surface area contributed by atoms with Crippen molar-refractivity contribution in [1.82, 2.24) is 24.9 Å². The molecule has 37 heavy (non-hydrogen) atoms. The van der Waals surface area contributed by atoms with Crippen LogP contribution in [0.25, 0.3) is 16.8 Å². The molecule has 2 fully saturated rings. The van der Waals surface area contributed by atoms with Crippen molar-refractivity contribution < 1.29 is 9.53 Å². The quantitative estimate of drug-likeness (QED) is 0.327. The Morgan fingerprint density at radius 1 is 1.05 bits per heavy atom. The lowest BCUT2D eigenvalue weighted by molar-refractivity contribution is 0.0699. The van der Waals surface area contributed by atoms with E-state index in [1.54, 1.807) is 4.52 Å². The molecule has 1 aliphatic heterocycles. The summed E-state index contributed by atoms with van der Waals surface area (Å²) < 4.78 is 7.27. The van der Waals surface area contributed by atoms with Gasteiger partial charge in [-0.1, -0.05) is 30.3 Å². The number of benzene rings is 2. The Kier molecular flexibility index (Phi) is 6.44. The SMILES string of the molecule is Cc1cc(-c2cnn3c(NCC4CCOCC4)nc(Nc4ccccc4)nc23)ccc1C(=O)NC1CC1. The zero-order valence-corrected chi connectivity index (χ0v) is 20.9. The van der Waals surface area contributed by atoms with Crippen LogP contribution in [-0.2, 0) is 4.74 Å². The minimum absolute atomic E-state index is 0.0114. The fourth-order valence-electron chi connectivity index (χ4n) is 4.67. The van der Waals surface area contributed by atoms with Crippen molar-refractivity contribution in [2.75, 3.05) is 30.4 Å². The molecule has 0 atom stereocenters. The Morgan fingerprint density at radius 3 is 2.62 bits per heavy atom. The molecule has 2 aromatic heterocycles. The number of hydrogen-bond donors (Lipinski definition) is 3. The average molecular weight is 498 g/mol. The van der Waals surface area contributed by atoms with E-state index in [2.05, 4.69) is 21.0 Å². The number of para-hydroxylation sites is 1. The number of nitrogens with one attached hydrogen (secondary N) is 3. The van der Waals surface area contributed by atoms with Crippen molar-refractivity contribution in [1.29, 1.82) is 0 Å². The smallest absolute Gasteiger partial charge is 0.251 e. The van der Waals surface area contributed by atoms with Crippen molar-refractivity contribution in [3.63, 3.8) is 0 Å². The Morgan fingerprint density at radius 2 is 1.86 bits per heavy atom. The molecular weight excluding hydrogens is 466 g/mol. The van der Waals surface area contributed by atoms with Gasteiger partial charge in [0.2, 0.25) is 11.9 Å². The molecule has 3 heterocycles. The topological polar surface area (TPSA) is 105 Å². The lowest BCUT2D eigenvalue weighted by atomic mass is 10.0. The molecule has 1 aliphatic carbocycles. The molecular formula is C28H31N7O2. The summed E-state index contributed by atoms with van der Waals surface area (Å²) >= 11 is 0. The second-order valence-electron chi connectivity index (χ2n) is 9.87. The van der Waals surface area contributed by atoms with Crippen LogP contribution >= 0.6 is 0 Å². The zero-order chi connectivity index (χ0) is 25.2. The summed E-state index contributed by atoms with van der Waals surface area (Å²) in [5.41, 5.74) is 5.05. The van der Waals surface area contributed by atoms with Crippen molar-refractivity contribution >= 4 is 29.1 Å². The largest absolute Gasteiger partial charge is 0.381 e. The van der Waals surface area contributed by atoms with Gasteiger partial charge in [-0.3, -0.25) is 4.79 Å². The van der Waals surface area contributed by atoms with E-state index in [-0.39, 0.29) is 5.91 Å². The molecule has 0 unspecified atom stereocenters. The van der Waals surface area contributed by atoms with Crippen LogP contribution in [-0.4, -0.2) is 51.3 Å². The van der Waals surface area contributed by atoms with Gasteiger partial charge in [0.15, 0.2) is 5.65 Å². The van der Waals surface area contributed by atoms with Crippen LogP contribution < -0.4 is 16.0 Å². The van der Waals surface area contributed by atoms with E-state index in [1.807, 2.05) is 61.7 Å². The summed E-state index contributed by atoms with van der Waals surface area (Å²) in [6.07, 6.45) is 6.00. The normalized spacial score (nSPS) is 16.0. The Hall–Kier alpha value is -3.98. The summed E-state index contributed by atoms with van der Waals surface area (Å²) in [5, 5.41) is 14.5. The van der Waals surface area contributed by atoms with Gasteiger partial charge in [0.1, 0.15) is 0 Å². The van der Waals surface area contributed by atoms with E-state index < -0.39 is 0 Å². The van der Waals surface area contributed by atoms with Gasteiger partial charge in [0.05, 0.1) is 6.20 Å². The highest BCUT2D eigenvalue weighted by Crippen LogP contribution is 2.29. The monoisotopic (exact) mass is 497 g/mol. The minimum atomic E-state index is -0.0114. The van der Waals surface area contributed by atoms with Crippen molar-refractivity contribution in [3.8, 4) is 11.1 Å². The van der Waals surface area contributed by atoms with Crippen molar-refractivity contribution in [3.05, 3.63) is 65.9 Å². The van der Waals surface area contributed by atoms with E-state index in [1.165, 1.54) is 0 Å². The van der Waals surface area contributed by atoms with Crippen LogP contribution in [0.4, 0.5) is 17.6 Å². The van der Waals surface area contributed by atoms with E-state index in [4.69, 9.17) is 14.7 Å². The number of amides is 1. The van der Waals surface area contributed by atoms with Crippen molar-refractivity contribution in [2.24, 2.45) is 5.92 Å². The maximum absolute atomic E-state index is 12.6. The van der Waals surface area contributed by atoms with Gasteiger partial charge in [-0.2, -0.15) is 19.6 Å². The van der Waals surface area contributed by atoms with Gasteiger partial charge in [0.25, 0.3) is 5.91 Å². The average Bonchev–Trinajstić information content (AvgIpc) is 3.63. The van der Waals surface area contributed by atoms with Crippen LogP contribution in [0.3, 0.4) is 0 Å². The summed E-state index contributed by atoms with van der Waals surface area (Å²) in [4.78, 5) is 22.2. The summed E-state index contributed by atoms with van der Waals surface area (Å²) in [6, 6.07) is 16.1. The number of aromatic nitrogens is 4. The molecule has 1 amide bonds. The summed E-state index contributed by atoms with van der Waals surface area (Å²) in [5.74, 6) is 1.64. The maximum atomic E-state index is 12.6. The van der Waals surface area contributed by atoms with Crippen molar-refractivity contribution in [2.45, 2.75) is 38.6 Å². The first-order valence-corrected chi connectivity index (χ1v) is 13.0. The third-order valence-electron chi connectivity index (χ3n) is 6.98. The number of fused-ring (bicyclic) bond motifs is 1. The predicted molar refractivity (Wildman–Crippen MR) is 143 cm³/mol. The van der Waals surface area contributed by atoms with E-state index >= 15 is 0 Å². The lowest BCUT2D eigenvalue weighted by Gasteiger charge is -2.22. The summed E-state index contributed by atoms with van der Waals surface area (Å²) in [7, 11) is 0. The fraction of sp³-hybridized carbons (Fsp3) is 0.357. The first-order chi connectivity index (χ1) is 18.1. The number of hydrogen-bond acceptors (Lipinski definition) is 7. The molecule has 1 saturated heterocycles. The van der Waals surface area contributed by atoms with Gasteiger partial charge < -0.3 is 20.7 Å². The number of carbonyl (C=O) groups is 1. The minimum Gasteiger partial charge on any atom is -0.381 e. The fourth-order valence-corrected chi connectivity index (χ4v) is 4.67. The molecule has 0 bridgehead atoms. The van der Waals surface area contributed by atoms with Crippen LogP contribution in [0.1, 0.15) is 41.6 Å². The molecule has 1 saturated carbocycles. The lowest BCUT2D eigenvalue weighted by Crippen LogP contribution is -2.26.